The smallest absolute Gasteiger partial charge is 0.480 e. The zero-order chi connectivity index (χ0) is 14.5. The Hall–Kier alpha value is -0.300. The van der Waals surface area contributed by atoms with Crippen LogP contribution in [0.2, 0.25) is 0 Å². The summed E-state index contributed by atoms with van der Waals surface area (Å²) in [6.07, 6.45) is 0.855. The maximum absolute atomic E-state index is 11.8. The number of carbonyl (C=O) groups is 1. The molecule has 0 unspecified atom stereocenters. The number of hydrogen-bond donors (Lipinski definition) is 1. The number of hydrogen-bond acceptors (Lipinski definition) is 6. The second-order valence-corrected chi connectivity index (χ2v) is 6.83. The van der Waals surface area contributed by atoms with Crippen molar-refractivity contribution in [1.82, 2.24) is 0 Å². The Bertz CT molecular complexity index is 395. The van der Waals surface area contributed by atoms with Crippen LogP contribution in [0.25, 0.3) is 0 Å². The second-order valence-electron chi connectivity index (χ2n) is 4.20. The quantitative estimate of drug-likeness (QED) is 0.589. The van der Waals surface area contributed by atoms with Crippen molar-refractivity contribution < 1.29 is 32.8 Å². The summed E-state index contributed by atoms with van der Waals surface area (Å²) in [4.78, 5) is 10.3. The van der Waals surface area contributed by atoms with Gasteiger partial charge in [-0.05, 0) is 0 Å². The molecular formula is C9H13Cl2O7P. The van der Waals surface area contributed by atoms with Crippen LogP contribution in [0.1, 0.15) is 6.92 Å². The van der Waals surface area contributed by atoms with Crippen LogP contribution in [0.5, 0.6) is 0 Å². The van der Waals surface area contributed by atoms with Crippen molar-refractivity contribution in [3.8, 4) is 0 Å². The standard InChI is InChI=1S/C9H13Cl2O7P/c1-9(4-15-3-8(12)13)5-17-19(14,18-6-9)16-2-7(10)11/h2H,3-6H2,1H3,(H,12,13). The molecule has 0 aromatic carbocycles. The predicted molar refractivity (Wildman–Crippen MR) is 66.9 cm³/mol. The number of phosphoric acid groups is 1. The molecule has 0 amide bonds. The molecule has 0 saturated carbocycles. The van der Waals surface area contributed by atoms with Gasteiger partial charge in [0.2, 0.25) is 0 Å². The molecule has 10 heteroatoms. The topological polar surface area (TPSA) is 91.3 Å². The van der Waals surface area contributed by atoms with E-state index >= 15 is 0 Å². The van der Waals surface area contributed by atoms with Gasteiger partial charge in [-0.3, -0.25) is 9.05 Å². The first kappa shape index (κ1) is 16.8. The van der Waals surface area contributed by atoms with E-state index in [-0.39, 0.29) is 24.3 Å². The lowest BCUT2D eigenvalue weighted by Gasteiger charge is -2.34. The SMILES string of the molecule is CC1(COCC(=O)O)COP(=O)(OC=C(Cl)Cl)OC1. The maximum Gasteiger partial charge on any atom is 0.529 e. The Balaban J connectivity index is 2.44. The van der Waals surface area contributed by atoms with Crippen molar-refractivity contribution in [1.29, 1.82) is 0 Å². The average Bonchev–Trinajstić information content (AvgIpc) is 2.31. The molecule has 0 aliphatic carbocycles. The number of carboxylic acids is 1. The van der Waals surface area contributed by atoms with Crippen LogP contribution in [0, 0.1) is 5.41 Å². The first-order valence-corrected chi connectivity index (χ1v) is 7.35. The molecular weight excluding hydrogens is 322 g/mol. The molecule has 0 aromatic heterocycles. The monoisotopic (exact) mass is 334 g/mol. The third-order valence-electron chi connectivity index (χ3n) is 2.09. The van der Waals surface area contributed by atoms with Gasteiger partial charge in [0.15, 0.2) is 0 Å². The summed E-state index contributed by atoms with van der Waals surface area (Å²) < 4.78 is 31.3. The van der Waals surface area contributed by atoms with Gasteiger partial charge in [-0.15, -0.1) is 0 Å². The van der Waals surface area contributed by atoms with Crippen molar-refractivity contribution in [2.45, 2.75) is 6.92 Å². The van der Waals surface area contributed by atoms with Crippen LogP contribution in [0.15, 0.2) is 10.8 Å². The van der Waals surface area contributed by atoms with Crippen LogP contribution >= 0.6 is 31.0 Å². The number of ether oxygens (including phenoxy) is 1. The van der Waals surface area contributed by atoms with E-state index < -0.39 is 25.8 Å². The van der Waals surface area contributed by atoms with Crippen LogP contribution in [0.4, 0.5) is 0 Å². The molecule has 1 heterocycles. The fourth-order valence-corrected chi connectivity index (χ4v) is 2.77. The highest BCUT2D eigenvalue weighted by Gasteiger charge is 2.41. The number of rotatable bonds is 6. The first-order valence-electron chi connectivity index (χ1n) is 5.13. The fraction of sp³-hybridized carbons (Fsp3) is 0.667. The molecule has 0 aromatic rings. The molecule has 110 valence electrons. The van der Waals surface area contributed by atoms with E-state index in [1.807, 2.05) is 0 Å². The lowest BCUT2D eigenvalue weighted by atomic mass is 9.94. The lowest BCUT2D eigenvalue weighted by Crippen LogP contribution is -2.37. The summed E-state index contributed by atoms with van der Waals surface area (Å²) >= 11 is 10.6. The zero-order valence-electron chi connectivity index (χ0n) is 10.0. The van der Waals surface area contributed by atoms with Gasteiger partial charge in [0.05, 0.1) is 19.8 Å². The highest BCUT2D eigenvalue weighted by Crippen LogP contribution is 2.55. The van der Waals surface area contributed by atoms with Gasteiger partial charge in [0.1, 0.15) is 17.4 Å². The third-order valence-corrected chi connectivity index (χ3v) is 3.52. The summed E-state index contributed by atoms with van der Waals surface area (Å²) in [6.45, 7) is 1.46. The molecule has 0 bridgehead atoms. The van der Waals surface area contributed by atoms with Crippen LogP contribution in [0.3, 0.4) is 0 Å². The second kappa shape index (κ2) is 6.92. The summed E-state index contributed by atoms with van der Waals surface area (Å²) in [7, 11) is -3.72. The Kier molecular flexibility index (Phi) is 6.11. The Morgan fingerprint density at radius 2 is 2.05 bits per heavy atom. The highest BCUT2D eigenvalue weighted by atomic mass is 35.5. The molecule has 0 radical (unpaired) electrons. The van der Waals surface area contributed by atoms with E-state index in [9.17, 15) is 9.36 Å². The predicted octanol–water partition coefficient (Wildman–Crippen LogP) is 2.54. The van der Waals surface area contributed by atoms with Crippen LogP contribution in [-0.2, 0) is 27.7 Å². The maximum atomic E-state index is 11.8. The number of halogens is 2. The van der Waals surface area contributed by atoms with Gasteiger partial charge in [-0.25, -0.2) is 9.36 Å². The van der Waals surface area contributed by atoms with E-state index in [0.29, 0.717) is 0 Å². The molecule has 7 nitrogen and oxygen atoms in total. The van der Waals surface area contributed by atoms with E-state index in [1.165, 1.54) is 0 Å². The highest BCUT2D eigenvalue weighted by molar-refractivity contribution is 7.48. The van der Waals surface area contributed by atoms with E-state index in [4.69, 9.17) is 46.6 Å². The molecule has 1 N–H and O–H groups in total. The number of aliphatic carboxylic acids is 1. The Morgan fingerprint density at radius 1 is 1.47 bits per heavy atom. The minimum Gasteiger partial charge on any atom is -0.480 e. The molecule has 0 atom stereocenters. The van der Waals surface area contributed by atoms with Gasteiger partial charge in [0.25, 0.3) is 0 Å². The fourth-order valence-electron chi connectivity index (χ4n) is 1.18. The molecule has 19 heavy (non-hydrogen) atoms. The van der Waals surface area contributed by atoms with Gasteiger partial charge in [-0.2, -0.15) is 0 Å². The molecule has 1 rings (SSSR count). The van der Waals surface area contributed by atoms with Gasteiger partial charge in [0, 0.05) is 5.41 Å². The van der Waals surface area contributed by atoms with Crippen molar-refractivity contribution in [3.63, 3.8) is 0 Å². The summed E-state index contributed by atoms with van der Waals surface area (Å²) in [6, 6.07) is 0. The minimum atomic E-state index is -3.72. The molecule has 1 fully saturated rings. The molecule has 1 aliphatic heterocycles. The van der Waals surface area contributed by atoms with E-state index in [0.717, 1.165) is 6.26 Å². The molecule has 1 saturated heterocycles. The first-order chi connectivity index (χ1) is 8.75. The van der Waals surface area contributed by atoms with Crippen LogP contribution in [-0.4, -0.2) is 37.5 Å². The van der Waals surface area contributed by atoms with Gasteiger partial charge >= 0.3 is 13.8 Å². The van der Waals surface area contributed by atoms with Crippen molar-refractivity contribution in [2.75, 3.05) is 26.4 Å². The summed E-state index contributed by atoms with van der Waals surface area (Å²) in [5, 5.41) is 8.45. The number of carboxylic acid groups (broad SMARTS) is 1. The van der Waals surface area contributed by atoms with Gasteiger partial charge in [-0.1, -0.05) is 30.1 Å². The Labute approximate surface area is 120 Å². The minimum absolute atomic E-state index is 0.0254. The summed E-state index contributed by atoms with van der Waals surface area (Å²) in [5.74, 6) is -1.07. The van der Waals surface area contributed by atoms with Crippen molar-refractivity contribution in [3.05, 3.63) is 10.8 Å². The number of phosphoric ester groups is 1. The van der Waals surface area contributed by atoms with E-state index in [2.05, 4.69) is 0 Å². The largest absolute Gasteiger partial charge is 0.529 e. The van der Waals surface area contributed by atoms with Crippen molar-refractivity contribution in [2.24, 2.45) is 5.41 Å². The van der Waals surface area contributed by atoms with Gasteiger partial charge < -0.3 is 14.4 Å². The summed E-state index contributed by atoms with van der Waals surface area (Å²) in [5.41, 5.74) is -0.610. The molecule has 0 spiro atoms. The van der Waals surface area contributed by atoms with Crippen LogP contribution < -0.4 is 0 Å². The zero-order valence-corrected chi connectivity index (χ0v) is 12.4. The third kappa shape index (κ3) is 6.12. The normalized spacial score (nSPS) is 30.7. The van der Waals surface area contributed by atoms with Crippen molar-refractivity contribution >= 4 is 37.0 Å². The average molecular weight is 335 g/mol. The van der Waals surface area contributed by atoms with E-state index in [1.54, 1.807) is 6.92 Å². The Morgan fingerprint density at radius 3 is 2.53 bits per heavy atom. The lowest BCUT2D eigenvalue weighted by molar-refractivity contribution is -0.144. The molecule has 1 aliphatic rings.